The van der Waals surface area contributed by atoms with Gasteiger partial charge in [-0.3, -0.25) is 14.7 Å². The normalized spacial score (nSPS) is 15.8. The first-order chi connectivity index (χ1) is 17.4. The third-order valence-corrected chi connectivity index (χ3v) is 6.87. The lowest BCUT2D eigenvalue weighted by molar-refractivity contribution is -0.132. The first-order valence-corrected chi connectivity index (χ1v) is 12.7. The molecule has 1 aromatic heterocycles. The van der Waals surface area contributed by atoms with Crippen molar-refractivity contribution in [2.24, 2.45) is 0 Å². The van der Waals surface area contributed by atoms with E-state index in [-0.39, 0.29) is 27.6 Å². The zero-order valence-corrected chi connectivity index (χ0v) is 21.6. The summed E-state index contributed by atoms with van der Waals surface area (Å²) < 4.78 is 5.55. The largest absolute Gasteiger partial charge is 0.414 e. The number of aromatic nitrogens is 2. The number of rotatable bonds is 7. The van der Waals surface area contributed by atoms with Crippen LogP contribution >= 0.6 is 27.5 Å². The maximum atomic E-state index is 13.1. The number of nitrogens with zero attached hydrogens (tertiary/aromatic N) is 2. The average molecular weight is 575 g/mol. The lowest BCUT2D eigenvalue weighted by Gasteiger charge is -2.24. The van der Waals surface area contributed by atoms with Gasteiger partial charge in [0.2, 0.25) is 5.91 Å². The molecule has 2 aromatic carbocycles. The lowest BCUT2D eigenvalue weighted by Crippen LogP contribution is -2.48. The molecule has 1 aliphatic rings. The summed E-state index contributed by atoms with van der Waals surface area (Å²) in [5, 5.41) is 12.1. The van der Waals surface area contributed by atoms with Crippen LogP contribution in [0.4, 0.5) is 10.6 Å². The van der Waals surface area contributed by atoms with Gasteiger partial charge in [-0.15, -0.1) is 5.10 Å². The second kappa shape index (κ2) is 12.0. The summed E-state index contributed by atoms with van der Waals surface area (Å²) in [5.74, 6) is -0.473. The van der Waals surface area contributed by atoms with E-state index in [1.807, 2.05) is 30.3 Å². The minimum Gasteiger partial charge on any atom is -0.388 e. The molecule has 9 nitrogen and oxygen atoms in total. The van der Waals surface area contributed by atoms with Crippen molar-refractivity contribution >= 4 is 51.3 Å². The van der Waals surface area contributed by atoms with E-state index in [2.05, 4.69) is 36.8 Å². The van der Waals surface area contributed by atoms with Gasteiger partial charge >= 0.3 is 6.09 Å². The molecule has 3 aromatic rings. The van der Waals surface area contributed by atoms with Crippen molar-refractivity contribution < 1.29 is 19.1 Å². The Morgan fingerprint density at radius 3 is 2.67 bits per heavy atom. The number of carbonyl (C=O) groups excluding carboxylic acids is 3. The minimum absolute atomic E-state index is 0.0797. The molecule has 1 atom stereocenters. The Kier molecular flexibility index (Phi) is 8.61. The van der Waals surface area contributed by atoms with E-state index in [0.717, 1.165) is 24.8 Å². The first kappa shape index (κ1) is 25.7. The highest BCUT2D eigenvalue weighted by molar-refractivity contribution is 9.10. The molecule has 1 saturated heterocycles. The van der Waals surface area contributed by atoms with Crippen molar-refractivity contribution in [3.63, 3.8) is 0 Å². The van der Waals surface area contributed by atoms with Gasteiger partial charge < -0.3 is 20.3 Å². The van der Waals surface area contributed by atoms with Gasteiger partial charge in [0, 0.05) is 13.1 Å². The molecule has 36 heavy (non-hydrogen) atoms. The fraction of sp³-hybridized carbons (Fsp3) is 0.280. The van der Waals surface area contributed by atoms with Crippen LogP contribution in [-0.4, -0.2) is 52.1 Å². The highest BCUT2D eigenvalue weighted by atomic mass is 79.9. The Morgan fingerprint density at radius 2 is 1.89 bits per heavy atom. The highest BCUT2D eigenvalue weighted by Crippen LogP contribution is 2.30. The number of likely N-dealkylation sites (tertiary alicyclic amines) is 1. The summed E-state index contributed by atoms with van der Waals surface area (Å²) in [7, 11) is 0. The molecule has 0 bridgehead atoms. The van der Waals surface area contributed by atoms with Gasteiger partial charge in [0.1, 0.15) is 16.3 Å². The van der Waals surface area contributed by atoms with Crippen LogP contribution in [0.15, 0.2) is 59.1 Å². The van der Waals surface area contributed by atoms with Crippen LogP contribution < -0.4 is 15.4 Å². The van der Waals surface area contributed by atoms with Crippen molar-refractivity contribution in [3.8, 4) is 5.88 Å². The fourth-order valence-corrected chi connectivity index (χ4v) is 4.50. The minimum atomic E-state index is -0.811. The number of hydrogen-bond acceptors (Lipinski definition) is 5. The number of aromatic amines is 1. The Morgan fingerprint density at radius 1 is 1.14 bits per heavy atom. The summed E-state index contributed by atoms with van der Waals surface area (Å²) in [6.45, 7) is 1.23. The molecule has 3 N–H and O–H groups in total. The van der Waals surface area contributed by atoms with Crippen molar-refractivity contribution in [1.82, 2.24) is 20.4 Å². The topological polar surface area (TPSA) is 116 Å². The SMILES string of the molecule is O=C(N[C@@H]1CCCCN(CCc2ccccc2)C1=O)Oc1n[nH]c(NC(=O)c2ccccc2Cl)c1Br. The smallest absolute Gasteiger partial charge is 0.388 e. The third kappa shape index (κ3) is 6.44. The van der Waals surface area contributed by atoms with Gasteiger partial charge in [-0.2, -0.15) is 0 Å². The molecule has 0 radical (unpaired) electrons. The van der Waals surface area contributed by atoms with Crippen LogP contribution in [0.1, 0.15) is 35.2 Å². The molecular formula is C25H25BrClN5O4. The summed E-state index contributed by atoms with van der Waals surface area (Å²) in [5.41, 5.74) is 1.43. The summed E-state index contributed by atoms with van der Waals surface area (Å²) >= 11 is 9.35. The van der Waals surface area contributed by atoms with E-state index in [9.17, 15) is 14.4 Å². The van der Waals surface area contributed by atoms with E-state index in [1.165, 1.54) is 0 Å². The van der Waals surface area contributed by atoms with E-state index in [4.69, 9.17) is 16.3 Å². The number of halogens is 2. The van der Waals surface area contributed by atoms with E-state index >= 15 is 0 Å². The van der Waals surface area contributed by atoms with Crippen LogP contribution in [0.2, 0.25) is 5.02 Å². The van der Waals surface area contributed by atoms with Gasteiger partial charge in [0.25, 0.3) is 11.8 Å². The van der Waals surface area contributed by atoms with Gasteiger partial charge in [-0.25, -0.2) is 4.79 Å². The predicted molar refractivity (Wildman–Crippen MR) is 139 cm³/mol. The van der Waals surface area contributed by atoms with Crippen LogP contribution in [0.5, 0.6) is 5.88 Å². The number of nitrogens with one attached hydrogen (secondary N) is 3. The molecule has 0 aliphatic carbocycles. The monoisotopic (exact) mass is 573 g/mol. The van der Waals surface area contributed by atoms with Gasteiger partial charge in [-0.05, 0) is 59.3 Å². The van der Waals surface area contributed by atoms with Gasteiger partial charge in [0.05, 0.1) is 10.6 Å². The molecule has 0 unspecified atom stereocenters. The number of hydrogen-bond donors (Lipinski definition) is 3. The van der Waals surface area contributed by atoms with E-state index in [0.29, 0.717) is 24.5 Å². The maximum Gasteiger partial charge on any atom is 0.414 e. The molecule has 11 heteroatoms. The average Bonchev–Trinajstić information content (AvgIpc) is 3.11. The Balaban J connectivity index is 1.34. The molecule has 0 spiro atoms. The van der Waals surface area contributed by atoms with Crippen molar-refractivity contribution in [1.29, 1.82) is 0 Å². The molecule has 0 saturated carbocycles. The van der Waals surface area contributed by atoms with Crippen molar-refractivity contribution in [3.05, 3.63) is 75.2 Å². The third-order valence-electron chi connectivity index (χ3n) is 5.81. The number of benzene rings is 2. The molecular weight excluding hydrogens is 550 g/mol. The molecule has 1 fully saturated rings. The van der Waals surface area contributed by atoms with E-state index < -0.39 is 18.0 Å². The van der Waals surface area contributed by atoms with Crippen LogP contribution in [0.3, 0.4) is 0 Å². The predicted octanol–water partition coefficient (Wildman–Crippen LogP) is 4.79. The Labute approximate surface area is 221 Å². The molecule has 1 aliphatic heterocycles. The fourth-order valence-electron chi connectivity index (χ4n) is 3.92. The quantitative estimate of drug-likeness (QED) is 0.375. The van der Waals surface area contributed by atoms with Crippen molar-refractivity contribution in [2.75, 3.05) is 18.4 Å². The molecule has 188 valence electrons. The standard InChI is InChI=1S/C25H25BrClN5O4/c26-20-21(29-22(33)17-10-4-5-11-18(17)27)30-31-23(20)36-25(35)28-19-12-6-7-14-32(24(19)34)15-13-16-8-2-1-3-9-16/h1-5,8-11,19H,6-7,12-15H2,(H,28,35)(H2,29,30,31,33)/t19-/m1/s1. The maximum absolute atomic E-state index is 13.1. The van der Waals surface area contributed by atoms with E-state index in [1.54, 1.807) is 29.2 Å². The van der Waals surface area contributed by atoms with Gasteiger partial charge in [-0.1, -0.05) is 54.1 Å². The summed E-state index contributed by atoms with van der Waals surface area (Å²) in [6, 6.07) is 15.9. The molecule has 2 heterocycles. The Hall–Kier alpha value is -3.37. The lowest BCUT2D eigenvalue weighted by atomic mass is 10.1. The number of H-pyrrole nitrogens is 1. The highest BCUT2D eigenvalue weighted by Gasteiger charge is 2.29. The molecule has 3 amide bonds. The Bertz CT molecular complexity index is 1240. The first-order valence-electron chi connectivity index (χ1n) is 11.5. The summed E-state index contributed by atoms with van der Waals surface area (Å²) in [6.07, 6.45) is 2.13. The second-order valence-electron chi connectivity index (χ2n) is 8.29. The number of anilines is 1. The zero-order chi connectivity index (χ0) is 25.5. The van der Waals surface area contributed by atoms with Crippen molar-refractivity contribution in [2.45, 2.75) is 31.7 Å². The number of carbonyl (C=O) groups is 3. The van der Waals surface area contributed by atoms with Crippen LogP contribution in [0, 0.1) is 0 Å². The zero-order valence-electron chi connectivity index (χ0n) is 19.3. The number of amides is 3. The second-order valence-corrected chi connectivity index (χ2v) is 9.50. The summed E-state index contributed by atoms with van der Waals surface area (Å²) in [4.78, 5) is 40.0. The molecule has 4 rings (SSSR count). The number of ether oxygens (including phenoxy) is 1. The van der Waals surface area contributed by atoms with Crippen LogP contribution in [-0.2, 0) is 11.2 Å². The van der Waals surface area contributed by atoms with Crippen LogP contribution in [0.25, 0.3) is 0 Å². The van der Waals surface area contributed by atoms with Gasteiger partial charge in [0.15, 0.2) is 0 Å².